The van der Waals surface area contributed by atoms with Crippen molar-refractivity contribution in [3.8, 4) is 5.75 Å². The van der Waals surface area contributed by atoms with E-state index < -0.39 is 0 Å². The molecule has 0 heterocycles. The first kappa shape index (κ1) is 16.0. The summed E-state index contributed by atoms with van der Waals surface area (Å²) in [6.45, 7) is 1.10. The first-order chi connectivity index (χ1) is 10.7. The number of carbonyl (C=O) groups is 1. The third kappa shape index (κ3) is 4.90. The molecule has 0 aliphatic heterocycles. The summed E-state index contributed by atoms with van der Waals surface area (Å²) in [7, 11) is 1.67. The lowest BCUT2D eigenvalue weighted by Gasteiger charge is -2.07. The number of carbonyl (C=O) groups excluding carboxylic acids is 1. The van der Waals surface area contributed by atoms with Gasteiger partial charge in [0.25, 0.3) is 0 Å². The summed E-state index contributed by atoms with van der Waals surface area (Å²) in [5, 5.41) is 12.5. The average molecular weight is 299 g/mol. The minimum Gasteiger partial charge on any atom is -0.508 e. The van der Waals surface area contributed by atoms with E-state index in [1.807, 2.05) is 36.4 Å². The zero-order valence-electron chi connectivity index (χ0n) is 12.7. The minimum atomic E-state index is -0.0239. The second kappa shape index (κ2) is 8.20. The van der Waals surface area contributed by atoms with Crippen molar-refractivity contribution in [1.29, 1.82) is 0 Å². The number of hydrogen-bond donors (Lipinski definition) is 2. The van der Waals surface area contributed by atoms with Crippen molar-refractivity contribution in [2.75, 3.05) is 7.11 Å². The van der Waals surface area contributed by atoms with E-state index in [0.717, 1.165) is 16.7 Å². The molecule has 4 heteroatoms. The summed E-state index contributed by atoms with van der Waals surface area (Å²) in [4.78, 5) is 11.9. The van der Waals surface area contributed by atoms with Gasteiger partial charge in [0.1, 0.15) is 5.75 Å². The Bertz CT molecular complexity index is 608. The van der Waals surface area contributed by atoms with Gasteiger partial charge in [-0.3, -0.25) is 4.79 Å². The number of aryl methyl sites for hydroxylation is 1. The monoisotopic (exact) mass is 299 g/mol. The third-order valence-electron chi connectivity index (χ3n) is 3.44. The maximum Gasteiger partial charge on any atom is 0.220 e. The summed E-state index contributed by atoms with van der Waals surface area (Å²) in [5.41, 5.74) is 2.95. The number of phenols is 1. The first-order valence-corrected chi connectivity index (χ1v) is 7.29. The highest BCUT2D eigenvalue weighted by Gasteiger charge is 2.05. The maximum atomic E-state index is 11.9. The summed E-state index contributed by atoms with van der Waals surface area (Å²) >= 11 is 0. The number of ether oxygens (including phenoxy) is 1. The Labute approximate surface area is 130 Å². The summed E-state index contributed by atoms with van der Waals surface area (Å²) in [6.07, 6.45) is 0.893. The van der Waals surface area contributed by atoms with Crippen LogP contribution < -0.4 is 5.32 Å². The van der Waals surface area contributed by atoms with Crippen molar-refractivity contribution in [2.24, 2.45) is 0 Å². The van der Waals surface area contributed by atoms with Gasteiger partial charge in [0, 0.05) is 20.1 Å². The summed E-state index contributed by atoms with van der Waals surface area (Å²) in [5.74, 6) is 0.216. The topological polar surface area (TPSA) is 58.6 Å². The van der Waals surface area contributed by atoms with Gasteiger partial charge in [-0.25, -0.2) is 0 Å². The van der Waals surface area contributed by atoms with Crippen LogP contribution in [0.25, 0.3) is 0 Å². The van der Waals surface area contributed by atoms with Crippen LogP contribution in [-0.4, -0.2) is 18.1 Å². The van der Waals surface area contributed by atoms with E-state index in [2.05, 4.69) is 5.32 Å². The van der Waals surface area contributed by atoms with Crippen LogP contribution in [0.1, 0.15) is 23.1 Å². The zero-order chi connectivity index (χ0) is 15.8. The van der Waals surface area contributed by atoms with Gasteiger partial charge < -0.3 is 15.2 Å². The lowest BCUT2D eigenvalue weighted by molar-refractivity contribution is -0.121. The molecule has 1 amide bonds. The standard InChI is InChI=1S/C18H21NO3/c1-22-13-15-8-6-14(7-9-15)12-19-18(21)11-10-16-4-2-3-5-17(16)20/h2-9,20H,10-13H2,1H3,(H,19,21). The second-order valence-electron chi connectivity index (χ2n) is 5.15. The maximum absolute atomic E-state index is 11.9. The number of nitrogens with one attached hydrogen (secondary N) is 1. The van der Waals surface area contributed by atoms with Crippen molar-refractivity contribution in [3.05, 3.63) is 65.2 Å². The largest absolute Gasteiger partial charge is 0.508 e. The van der Waals surface area contributed by atoms with Crippen LogP contribution in [0, 0.1) is 0 Å². The Morgan fingerprint density at radius 2 is 1.77 bits per heavy atom. The number of aromatic hydroxyl groups is 1. The summed E-state index contributed by atoms with van der Waals surface area (Å²) < 4.78 is 5.06. The molecule has 0 fully saturated rings. The Morgan fingerprint density at radius 1 is 1.09 bits per heavy atom. The Morgan fingerprint density at radius 3 is 2.45 bits per heavy atom. The molecule has 0 aromatic heterocycles. The van der Waals surface area contributed by atoms with Gasteiger partial charge in [-0.2, -0.15) is 0 Å². The molecule has 0 saturated heterocycles. The molecule has 116 valence electrons. The van der Waals surface area contributed by atoms with Gasteiger partial charge in [-0.05, 0) is 29.2 Å². The van der Waals surface area contributed by atoms with E-state index in [1.165, 1.54) is 0 Å². The molecule has 0 aliphatic carbocycles. The molecule has 2 N–H and O–H groups in total. The van der Waals surface area contributed by atoms with Crippen LogP contribution in [0.5, 0.6) is 5.75 Å². The fourth-order valence-electron chi connectivity index (χ4n) is 2.18. The zero-order valence-corrected chi connectivity index (χ0v) is 12.7. The van der Waals surface area contributed by atoms with Crippen LogP contribution in [0.2, 0.25) is 0 Å². The molecule has 22 heavy (non-hydrogen) atoms. The van der Waals surface area contributed by atoms with Crippen molar-refractivity contribution >= 4 is 5.91 Å². The van der Waals surface area contributed by atoms with Crippen molar-refractivity contribution in [3.63, 3.8) is 0 Å². The third-order valence-corrected chi connectivity index (χ3v) is 3.44. The first-order valence-electron chi connectivity index (χ1n) is 7.29. The SMILES string of the molecule is COCc1ccc(CNC(=O)CCc2ccccc2O)cc1. The Balaban J connectivity index is 1.76. The van der Waals surface area contributed by atoms with Crippen molar-refractivity contribution in [1.82, 2.24) is 5.32 Å². The van der Waals surface area contributed by atoms with Gasteiger partial charge in [-0.15, -0.1) is 0 Å². The molecule has 0 saturated carbocycles. The molecule has 2 rings (SSSR count). The van der Waals surface area contributed by atoms with Crippen molar-refractivity contribution < 1.29 is 14.6 Å². The van der Waals surface area contributed by atoms with Gasteiger partial charge in [-0.1, -0.05) is 42.5 Å². The molecule has 4 nitrogen and oxygen atoms in total. The highest BCUT2D eigenvalue weighted by atomic mass is 16.5. The summed E-state index contributed by atoms with van der Waals surface area (Å²) in [6, 6.07) is 15.0. The van der Waals surface area contributed by atoms with Crippen LogP contribution in [-0.2, 0) is 29.1 Å². The Kier molecular flexibility index (Phi) is 5.98. The molecule has 0 unspecified atom stereocenters. The minimum absolute atomic E-state index is 0.0239. The van der Waals surface area contributed by atoms with E-state index in [4.69, 9.17) is 4.74 Å². The number of phenolic OH excluding ortho intramolecular Hbond substituents is 1. The normalized spacial score (nSPS) is 10.4. The fourth-order valence-corrected chi connectivity index (χ4v) is 2.18. The average Bonchev–Trinajstić information content (AvgIpc) is 2.54. The van der Waals surface area contributed by atoms with Crippen LogP contribution >= 0.6 is 0 Å². The molecular weight excluding hydrogens is 278 g/mol. The van der Waals surface area contributed by atoms with Crippen LogP contribution in [0.15, 0.2) is 48.5 Å². The molecule has 0 radical (unpaired) electrons. The number of methoxy groups -OCH3 is 1. The highest BCUT2D eigenvalue weighted by molar-refractivity contribution is 5.76. The quantitative estimate of drug-likeness (QED) is 0.826. The fraction of sp³-hybridized carbons (Fsp3) is 0.278. The van der Waals surface area contributed by atoms with Gasteiger partial charge in [0.05, 0.1) is 6.61 Å². The van der Waals surface area contributed by atoms with E-state index in [1.54, 1.807) is 19.2 Å². The number of para-hydroxylation sites is 1. The van der Waals surface area contributed by atoms with Gasteiger partial charge in [0.2, 0.25) is 5.91 Å². The molecule has 0 bridgehead atoms. The molecular formula is C18H21NO3. The molecule has 2 aromatic carbocycles. The number of hydrogen-bond acceptors (Lipinski definition) is 3. The van der Waals surface area contributed by atoms with E-state index in [0.29, 0.717) is 26.0 Å². The number of amides is 1. The van der Waals surface area contributed by atoms with Crippen LogP contribution in [0.4, 0.5) is 0 Å². The lowest BCUT2D eigenvalue weighted by Crippen LogP contribution is -2.23. The predicted molar refractivity (Wildman–Crippen MR) is 85.4 cm³/mol. The van der Waals surface area contributed by atoms with E-state index >= 15 is 0 Å². The molecule has 0 atom stereocenters. The van der Waals surface area contributed by atoms with Gasteiger partial charge >= 0.3 is 0 Å². The molecule has 0 aliphatic rings. The van der Waals surface area contributed by atoms with E-state index in [-0.39, 0.29) is 11.7 Å². The number of benzene rings is 2. The molecule has 2 aromatic rings. The van der Waals surface area contributed by atoms with Crippen LogP contribution in [0.3, 0.4) is 0 Å². The second-order valence-corrected chi connectivity index (χ2v) is 5.15. The van der Waals surface area contributed by atoms with Crippen molar-refractivity contribution in [2.45, 2.75) is 26.0 Å². The molecule has 0 spiro atoms. The van der Waals surface area contributed by atoms with E-state index in [9.17, 15) is 9.90 Å². The smallest absolute Gasteiger partial charge is 0.220 e. The predicted octanol–water partition coefficient (Wildman–Crippen LogP) is 2.79. The number of rotatable bonds is 7. The Hall–Kier alpha value is -2.33. The highest BCUT2D eigenvalue weighted by Crippen LogP contribution is 2.17. The lowest BCUT2D eigenvalue weighted by atomic mass is 10.1. The van der Waals surface area contributed by atoms with Gasteiger partial charge in [0.15, 0.2) is 0 Å².